The smallest absolute Gasteiger partial charge is 0.251 e. The second kappa shape index (κ2) is 9.40. The van der Waals surface area contributed by atoms with Crippen molar-refractivity contribution < 1.29 is 9.53 Å². The Labute approximate surface area is 157 Å². The van der Waals surface area contributed by atoms with Crippen molar-refractivity contribution in [3.63, 3.8) is 0 Å². The molecule has 1 aliphatic heterocycles. The molecule has 136 valence electrons. The fourth-order valence-corrected chi connectivity index (χ4v) is 4.57. The summed E-state index contributed by atoms with van der Waals surface area (Å²) in [5, 5.41) is 4.03. The lowest BCUT2D eigenvalue weighted by molar-refractivity contribution is 0.0954. The number of carbonyl (C=O) groups is 1. The minimum absolute atomic E-state index is 0.00344. The average molecular weight is 380 g/mol. The number of morpholine rings is 1. The fraction of sp³-hybridized carbons (Fsp3) is 0.556. The van der Waals surface area contributed by atoms with Gasteiger partial charge in [0.1, 0.15) is 0 Å². The molecule has 1 fully saturated rings. The van der Waals surface area contributed by atoms with Gasteiger partial charge in [0.05, 0.1) is 23.4 Å². The van der Waals surface area contributed by atoms with Crippen molar-refractivity contribution in [2.75, 3.05) is 49.3 Å². The molecule has 1 N–H and O–H groups in total. The van der Waals surface area contributed by atoms with Gasteiger partial charge in [0.25, 0.3) is 5.91 Å². The standard InChI is InChI=1S/C18H25N3O2S2/c1-2-11-24-12-3-6-19-17(22)14-4-5-15-16(13-14)25-18(20-15)21-7-9-23-10-8-21/h4-5,13H,2-3,6-12H2,1H3,(H,19,22). The lowest BCUT2D eigenvalue weighted by atomic mass is 10.2. The number of nitrogens with zero attached hydrogens (tertiary/aromatic N) is 2. The number of benzene rings is 1. The maximum atomic E-state index is 12.3. The van der Waals surface area contributed by atoms with E-state index in [0.717, 1.165) is 60.4 Å². The molecule has 0 atom stereocenters. The Kier molecular flexibility index (Phi) is 6.95. The van der Waals surface area contributed by atoms with E-state index in [1.807, 2.05) is 30.0 Å². The van der Waals surface area contributed by atoms with Crippen molar-refractivity contribution in [1.29, 1.82) is 0 Å². The summed E-state index contributed by atoms with van der Waals surface area (Å²) in [4.78, 5) is 19.3. The SMILES string of the molecule is CCCSCCCNC(=O)c1ccc2nc(N3CCOCC3)sc2c1. The third-order valence-corrected chi connectivity index (χ3v) is 6.37. The van der Waals surface area contributed by atoms with Crippen LogP contribution in [-0.4, -0.2) is 55.2 Å². The number of hydrogen-bond donors (Lipinski definition) is 1. The number of rotatable bonds is 8. The zero-order valence-corrected chi connectivity index (χ0v) is 16.3. The summed E-state index contributed by atoms with van der Waals surface area (Å²) >= 11 is 3.60. The molecule has 0 spiro atoms. The summed E-state index contributed by atoms with van der Waals surface area (Å²) in [6.07, 6.45) is 2.22. The normalized spacial score (nSPS) is 14.8. The Morgan fingerprint density at radius 2 is 2.20 bits per heavy atom. The number of aromatic nitrogens is 1. The van der Waals surface area contributed by atoms with Gasteiger partial charge >= 0.3 is 0 Å². The molecule has 0 saturated carbocycles. The first-order valence-corrected chi connectivity index (χ1v) is 10.8. The Bertz CT molecular complexity index is 699. The van der Waals surface area contributed by atoms with Gasteiger partial charge < -0.3 is 15.0 Å². The Balaban J connectivity index is 1.57. The van der Waals surface area contributed by atoms with Crippen molar-refractivity contribution in [1.82, 2.24) is 10.3 Å². The van der Waals surface area contributed by atoms with Crippen LogP contribution in [0.25, 0.3) is 10.2 Å². The zero-order chi connectivity index (χ0) is 17.5. The van der Waals surface area contributed by atoms with Crippen LogP contribution in [0.5, 0.6) is 0 Å². The highest BCUT2D eigenvalue weighted by molar-refractivity contribution is 7.99. The highest BCUT2D eigenvalue weighted by atomic mass is 32.2. The topological polar surface area (TPSA) is 54.5 Å². The van der Waals surface area contributed by atoms with E-state index in [9.17, 15) is 4.79 Å². The van der Waals surface area contributed by atoms with E-state index in [2.05, 4.69) is 17.1 Å². The van der Waals surface area contributed by atoms with Crippen LogP contribution in [0.3, 0.4) is 0 Å². The fourth-order valence-electron chi connectivity index (χ4n) is 2.67. The number of thioether (sulfide) groups is 1. The first kappa shape index (κ1) is 18.5. The highest BCUT2D eigenvalue weighted by Crippen LogP contribution is 2.30. The number of fused-ring (bicyclic) bond motifs is 1. The van der Waals surface area contributed by atoms with Crippen molar-refractivity contribution in [3.8, 4) is 0 Å². The van der Waals surface area contributed by atoms with Gasteiger partial charge in [-0.15, -0.1) is 0 Å². The molecule has 1 aromatic carbocycles. The number of ether oxygens (including phenoxy) is 1. The van der Waals surface area contributed by atoms with Crippen molar-refractivity contribution >= 4 is 44.4 Å². The third kappa shape index (κ3) is 5.09. The van der Waals surface area contributed by atoms with Gasteiger partial charge in [0.15, 0.2) is 5.13 Å². The summed E-state index contributed by atoms with van der Waals surface area (Å²) in [5.41, 5.74) is 1.67. The zero-order valence-electron chi connectivity index (χ0n) is 14.6. The van der Waals surface area contributed by atoms with Crippen LogP contribution in [0, 0.1) is 0 Å². The van der Waals surface area contributed by atoms with E-state index in [0.29, 0.717) is 5.56 Å². The molecule has 1 aromatic heterocycles. The first-order chi connectivity index (χ1) is 12.3. The predicted octanol–water partition coefficient (Wildman–Crippen LogP) is 3.40. The van der Waals surface area contributed by atoms with Gasteiger partial charge in [0.2, 0.25) is 0 Å². The molecule has 1 amide bonds. The summed E-state index contributed by atoms with van der Waals surface area (Å²) < 4.78 is 6.46. The van der Waals surface area contributed by atoms with Crippen LogP contribution in [0.15, 0.2) is 18.2 Å². The number of nitrogens with one attached hydrogen (secondary N) is 1. The van der Waals surface area contributed by atoms with Crippen LogP contribution in [-0.2, 0) is 4.74 Å². The monoisotopic (exact) mass is 379 g/mol. The van der Waals surface area contributed by atoms with Crippen LogP contribution in [0.1, 0.15) is 30.1 Å². The van der Waals surface area contributed by atoms with Gasteiger partial charge in [-0.05, 0) is 42.5 Å². The predicted molar refractivity (Wildman–Crippen MR) is 107 cm³/mol. The second-order valence-electron chi connectivity index (χ2n) is 6.00. The maximum Gasteiger partial charge on any atom is 0.251 e. The molecule has 2 aromatic rings. The lowest BCUT2D eigenvalue weighted by Gasteiger charge is -2.25. The third-order valence-electron chi connectivity index (χ3n) is 4.02. The molecule has 2 heterocycles. The average Bonchev–Trinajstić information content (AvgIpc) is 3.08. The van der Waals surface area contributed by atoms with Gasteiger partial charge in [-0.2, -0.15) is 11.8 Å². The molecule has 0 bridgehead atoms. The molecule has 3 rings (SSSR count). The second-order valence-corrected chi connectivity index (χ2v) is 8.23. The molecular weight excluding hydrogens is 354 g/mol. The first-order valence-electron chi connectivity index (χ1n) is 8.87. The van der Waals surface area contributed by atoms with Crippen LogP contribution < -0.4 is 10.2 Å². The number of anilines is 1. The van der Waals surface area contributed by atoms with Gasteiger partial charge in [-0.3, -0.25) is 4.79 Å². The van der Waals surface area contributed by atoms with E-state index in [1.54, 1.807) is 11.3 Å². The molecule has 0 aliphatic carbocycles. The molecule has 1 saturated heterocycles. The van der Waals surface area contributed by atoms with Crippen LogP contribution in [0.4, 0.5) is 5.13 Å². The van der Waals surface area contributed by atoms with Crippen LogP contribution >= 0.6 is 23.1 Å². The maximum absolute atomic E-state index is 12.3. The molecule has 7 heteroatoms. The minimum atomic E-state index is 0.00344. The van der Waals surface area contributed by atoms with E-state index >= 15 is 0 Å². The van der Waals surface area contributed by atoms with Gasteiger partial charge in [-0.25, -0.2) is 4.98 Å². The van der Waals surface area contributed by atoms with Gasteiger partial charge in [0, 0.05) is 25.2 Å². The molecule has 0 radical (unpaired) electrons. The highest BCUT2D eigenvalue weighted by Gasteiger charge is 2.16. The minimum Gasteiger partial charge on any atom is -0.378 e. The van der Waals surface area contributed by atoms with E-state index in [1.165, 1.54) is 12.2 Å². The lowest BCUT2D eigenvalue weighted by Crippen LogP contribution is -2.36. The van der Waals surface area contributed by atoms with Crippen LogP contribution in [0.2, 0.25) is 0 Å². The largest absolute Gasteiger partial charge is 0.378 e. The number of carbonyl (C=O) groups excluding carboxylic acids is 1. The Morgan fingerprint density at radius 3 is 3.00 bits per heavy atom. The Hall–Kier alpha value is -1.31. The summed E-state index contributed by atoms with van der Waals surface area (Å²) in [6.45, 7) is 6.18. The van der Waals surface area contributed by atoms with Crippen molar-refractivity contribution in [2.45, 2.75) is 19.8 Å². The quantitative estimate of drug-likeness (QED) is 0.713. The Morgan fingerprint density at radius 1 is 1.36 bits per heavy atom. The van der Waals surface area contributed by atoms with Crippen molar-refractivity contribution in [2.24, 2.45) is 0 Å². The number of amides is 1. The molecule has 5 nitrogen and oxygen atoms in total. The molecule has 0 unspecified atom stereocenters. The summed E-state index contributed by atoms with van der Waals surface area (Å²) in [7, 11) is 0. The van der Waals surface area contributed by atoms with E-state index in [-0.39, 0.29) is 5.91 Å². The summed E-state index contributed by atoms with van der Waals surface area (Å²) in [5.74, 6) is 2.30. The van der Waals surface area contributed by atoms with Crippen molar-refractivity contribution in [3.05, 3.63) is 23.8 Å². The molecule has 25 heavy (non-hydrogen) atoms. The van der Waals surface area contributed by atoms with Gasteiger partial charge in [-0.1, -0.05) is 18.3 Å². The van der Waals surface area contributed by atoms with E-state index < -0.39 is 0 Å². The van der Waals surface area contributed by atoms with E-state index in [4.69, 9.17) is 9.72 Å². The molecule has 1 aliphatic rings. The molecular formula is C18H25N3O2S2. The summed E-state index contributed by atoms with van der Waals surface area (Å²) in [6, 6.07) is 5.77. The number of thiazole rings is 1. The number of hydrogen-bond acceptors (Lipinski definition) is 6.